The third-order valence-electron chi connectivity index (χ3n) is 5.69. The van der Waals surface area contributed by atoms with E-state index in [0.717, 1.165) is 57.7 Å². The molecule has 0 radical (unpaired) electrons. The Morgan fingerprint density at radius 1 is 1.15 bits per heavy atom. The summed E-state index contributed by atoms with van der Waals surface area (Å²) in [6.07, 6.45) is 1.78. The summed E-state index contributed by atoms with van der Waals surface area (Å²) in [4.78, 5) is 20.6. The fourth-order valence-electron chi connectivity index (χ4n) is 3.97. The number of rotatable bonds is 6. The van der Waals surface area contributed by atoms with Crippen molar-refractivity contribution in [3.63, 3.8) is 0 Å². The number of carbonyl (C=O) groups excluding carboxylic acids is 1. The van der Waals surface area contributed by atoms with E-state index in [1.165, 1.54) is 12.1 Å². The Hall–Kier alpha value is -2.91. The Balaban J connectivity index is 1.20. The first-order chi connectivity index (χ1) is 16.1. The van der Waals surface area contributed by atoms with Gasteiger partial charge in [-0.05, 0) is 56.2 Å². The van der Waals surface area contributed by atoms with Crippen LogP contribution in [0.3, 0.4) is 0 Å². The second-order valence-electron chi connectivity index (χ2n) is 8.05. The van der Waals surface area contributed by atoms with Gasteiger partial charge < -0.3 is 10.2 Å². The average molecular weight is 482 g/mol. The maximum absolute atomic E-state index is 13.3. The van der Waals surface area contributed by atoms with E-state index < -0.39 is 0 Å². The summed E-state index contributed by atoms with van der Waals surface area (Å²) in [6.45, 7) is 3.66. The van der Waals surface area contributed by atoms with Gasteiger partial charge in [0.1, 0.15) is 5.82 Å². The minimum Gasteiger partial charge on any atom is -0.353 e. The lowest BCUT2D eigenvalue weighted by Crippen LogP contribution is -2.45. The first kappa shape index (κ1) is 21.9. The Morgan fingerprint density at radius 3 is 2.61 bits per heavy atom. The number of hydrogen-bond donors (Lipinski definition) is 1. The average Bonchev–Trinajstić information content (AvgIpc) is 3.40. The third kappa shape index (κ3) is 4.89. The van der Waals surface area contributed by atoms with Crippen molar-refractivity contribution in [3.05, 3.63) is 66.1 Å². The standard InChI is InChI=1S/C24H24FN5OS2/c1-16-22-23(30(28-16)19-9-7-17(25)8-10-19)27-24(33-22)29-13-11-18(12-14-29)26-21(31)15-32-20-5-3-2-4-6-20/h2-10,18H,11-15H2,1H3,(H,26,31). The molecule has 0 saturated carbocycles. The lowest BCUT2D eigenvalue weighted by atomic mass is 10.1. The SMILES string of the molecule is Cc1nn(-c2ccc(F)cc2)c2nc(N3CCC(NC(=O)CSc4ccccc4)CC3)sc12. The van der Waals surface area contributed by atoms with E-state index in [4.69, 9.17) is 4.98 Å². The first-order valence-electron chi connectivity index (χ1n) is 10.9. The van der Waals surface area contributed by atoms with Gasteiger partial charge in [0.15, 0.2) is 10.8 Å². The van der Waals surface area contributed by atoms with E-state index in [1.807, 2.05) is 37.3 Å². The van der Waals surface area contributed by atoms with Gasteiger partial charge >= 0.3 is 0 Å². The number of thiazole rings is 1. The monoisotopic (exact) mass is 481 g/mol. The number of aromatic nitrogens is 3. The van der Waals surface area contributed by atoms with Gasteiger partial charge in [0, 0.05) is 24.0 Å². The zero-order valence-corrected chi connectivity index (χ0v) is 19.8. The molecule has 1 aliphatic rings. The number of anilines is 1. The topological polar surface area (TPSA) is 63.1 Å². The quantitative estimate of drug-likeness (QED) is 0.401. The highest BCUT2D eigenvalue weighted by atomic mass is 32.2. The van der Waals surface area contributed by atoms with Crippen molar-refractivity contribution in [1.82, 2.24) is 20.1 Å². The number of thioether (sulfide) groups is 1. The van der Waals surface area contributed by atoms with Crippen LogP contribution < -0.4 is 10.2 Å². The summed E-state index contributed by atoms with van der Waals surface area (Å²) in [6, 6.07) is 16.5. The highest BCUT2D eigenvalue weighted by molar-refractivity contribution is 8.00. The molecular formula is C24H24FN5OS2. The fraction of sp³-hybridized carbons (Fsp3) is 0.292. The molecule has 4 aromatic rings. The van der Waals surface area contributed by atoms with Crippen LogP contribution in [0.15, 0.2) is 59.5 Å². The van der Waals surface area contributed by atoms with E-state index in [2.05, 4.69) is 15.3 Å². The summed E-state index contributed by atoms with van der Waals surface area (Å²) in [5.74, 6) is 0.241. The Kier molecular flexibility index (Phi) is 6.32. The molecule has 0 unspecified atom stereocenters. The van der Waals surface area contributed by atoms with Crippen LogP contribution in [0.2, 0.25) is 0 Å². The smallest absolute Gasteiger partial charge is 0.230 e. The summed E-state index contributed by atoms with van der Waals surface area (Å²) in [5, 5.41) is 8.74. The second kappa shape index (κ2) is 9.52. The lowest BCUT2D eigenvalue weighted by molar-refractivity contribution is -0.119. The summed E-state index contributed by atoms with van der Waals surface area (Å²) >= 11 is 3.20. The van der Waals surface area contributed by atoms with E-state index >= 15 is 0 Å². The van der Waals surface area contributed by atoms with Crippen LogP contribution in [0.1, 0.15) is 18.5 Å². The largest absolute Gasteiger partial charge is 0.353 e. The van der Waals surface area contributed by atoms with Crippen molar-refractivity contribution in [1.29, 1.82) is 0 Å². The molecule has 0 aliphatic carbocycles. The van der Waals surface area contributed by atoms with Gasteiger partial charge in [-0.25, -0.2) is 9.07 Å². The van der Waals surface area contributed by atoms with E-state index in [9.17, 15) is 9.18 Å². The predicted octanol–water partition coefficient (Wildman–Crippen LogP) is 4.81. The van der Waals surface area contributed by atoms with Crippen molar-refractivity contribution < 1.29 is 9.18 Å². The van der Waals surface area contributed by atoms with Gasteiger partial charge in [-0.15, -0.1) is 11.8 Å². The van der Waals surface area contributed by atoms with Crippen LogP contribution in [-0.4, -0.2) is 45.6 Å². The van der Waals surface area contributed by atoms with Gasteiger partial charge in [0.2, 0.25) is 5.91 Å². The molecule has 0 atom stereocenters. The van der Waals surface area contributed by atoms with Crippen molar-refractivity contribution in [3.8, 4) is 5.69 Å². The molecule has 0 bridgehead atoms. The highest BCUT2D eigenvalue weighted by Crippen LogP contribution is 2.33. The Bertz CT molecular complexity index is 1250. The normalized spacial score (nSPS) is 14.7. The number of hydrogen-bond acceptors (Lipinski definition) is 6. The number of nitrogens with zero attached hydrogens (tertiary/aromatic N) is 4. The second-order valence-corrected chi connectivity index (χ2v) is 10.1. The van der Waals surface area contributed by atoms with Crippen LogP contribution in [0.4, 0.5) is 9.52 Å². The van der Waals surface area contributed by atoms with E-state index in [1.54, 1.807) is 39.9 Å². The Labute approximate surface area is 199 Å². The number of benzene rings is 2. The van der Waals surface area contributed by atoms with E-state index in [-0.39, 0.29) is 17.8 Å². The number of halogens is 1. The number of aryl methyl sites for hydroxylation is 1. The fourth-order valence-corrected chi connectivity index (χ4v) is 5.74. The van der Waals surface area contributed by atoms with Crippen LogP contribution >= 0.6 is 23.1 Å². The molecule has 1 N–H and O–H groups in total. The first-order valence-corrected chi connectivity index (χ1v) is 12.7. The number of nitrogens with one attached hydrogen (secondary N) is 1. The summed E-state index contributed by atoms with van der Waals surface area (Å²) in [7, 11) is 0. The van der Waals surface area contributed by atoms with Crippen molar-refractivity contribution >= 4 is 44.5 Å². The molecular weight excluding hydrogens is 457 g/mol. The molecule has 9 heteroatoms. The van der Waals surface area contributed by atoms with Crippen LogP contribution in [0, 0.1) is 12.7 Å². The zero-order valence-electron chi connectivity index (χ0n) is 18.2. The summed E-state index contributed by atoms with van der Waals surface area (Å²) < 4.78 is 16.1. The molecule has 0 spiro atoms. The van der Waals surface area contributed by atoms with Crippen molar-refractivity contribution in [2.75, 3.05) is 23.7 Å². The molecule has 1 aliphatic heterocycles. The highest BCUT2D eigenvalue weighted by Gasteiger charge is 2.24. The Morgan fingerprint density at radius 2 is 1.88 bits per heavy atom. The van der Waals surface area contributed by atoms with Gasteiger partial charge in [-0.2, -0.15) is 10.1 Å². The van der Waals surface area contributed by atoms with Gasteiger partial charge in [0.25, 0.3) is 0 Å². The lowest BCUT2D eigenvalue weighted by Gasteiger charge is -2.32. The number of amides is 1. The molecule has 1 amide bonds. The maximum Gasteiger partial charge on any atom is 0.230 e. The minimum absolute atomic E-state index is 0.0808. The predicted molar refractivity (Wildman–Crippen MR) is 132 cm³/mol. The van der Waals surface area contributed by atoms with Crippen LogP contribution in [-0.2, 0) is 4.79 Å². The maximum atomic E-state index is 13.3. The molecule has 2 aromatic heterocycles. The van der Waals surface area contributed by atoms with Gasteiger partial charge in [-0.1, -0.05) is 29.5 Å². The molecule has 5 rings (SSSR count). The molecule has 1 saturated heterocycles. The van der Waals surface area contributed by atoms with E-state index in [0.29, 0.717) is 5.75 Å². The van der Waals surface area contributed by atoms with Crippen LogP contribution in [0.5, 0.6) is 0 Å². The van der Waals surface area contributed by atoms with Gasteiger partial charge in [-0.3, -0.25) is 4.79 Å². The molecule has 3 heterocycles. The number of piperidine rings is 1. The number of carbonyl (C=O) groups is 1. The molecule has 33 heavy (non-hydrogen) atoms. The minimum atomic E-state index is -0.272. The van der Waals surface area contributed by atoms with Gasteiger partial charge in [0.05, 0.1) is 21.8 Å². The zero-order chi connectivity index (χ0) is 22.8. The van der Waals surface area contributed by atoms with Crippen molar-refractivity contribution in [2.24, 2.45) is 0 Å². The molecule has 1 fully saturated rings. The number of fused-ring (bicyclic) bond motifs is 1. The van der Waals surface area contributed by atoms with Crippen molar-refractivity contribution in [2.45, 2.75) is 30.7 Å². The summed E-state index contributed by atoms with van der Waals surface area (Å²) in [5.41, 5.74) is 2.50. The molecule has 170 valence electrons. The molecule has 2 aromatic carbocycles. The molecule has 6 nitrogen and oxygen atoms in total. The third-order valence-corrected chi connectivity index (χ3v) is 7.92. The van der Waals surface area contributed by atoms with Crippen LogP contribution in [0.25, 0.3) is 16.0 Å².